The molecule has 6 heteroatoms. The van der Waals surface area contributed by atoms with Crippen LogP contribution >= 0.6 is 55.1 Å². The Kier molecular flexibility index (Phi) is 6.36. The van der Waals surface area contributed by atoms with Gasteiger partial charge in [-0.1, -0.05) is 95.4 Å². The first-order valence-electron chi connectivity index (χ1n) is 10.2. The lowest BCUT2D eigenvalue weighted by atomic mass is 9.93. The Hall–Kier alpha value is -0.550. The van der Waals surface area contributed by atoms with Gasteiger partial charge >= 0.3 is 5.97 Å². The lowest BCUT2D eigenvalue weighted by Crippen LogP contribution is -2.23. The maximum atomic E-state index is 12.9. The molecule has 1 fully saturated rings. The highest BCUT2D eigenvalue weighted by molar-refractivity contribution is 9.13. The van der Waals surface area contributed by atoms with Gasteiger partial charge in [0.2, 0.25) is 0 Å². The smallest absolute Gasteiger partial charge is 0.310 e. The number of benzene rings is 2. The third kappa shape index (κ3) is 4.22. The van der Waals surface area contributed by atoms with Gasteiger partial charge in [0, 0.05) is 0 Å². The molecule has 0 bridgehead atoms. The highest BCUT2D eigenvalue weighted by atomic mass is 79.9. The molecule has 0 N–H and O–H groups in total. The molecule has 0 radical (unpaired) electrons. The van der Waals surface area contributed by atoms with E-state index in [1.807, 2.05) is 0 Å². The number of carbonyl (C=O) groups is 1. The molecule has 0 aliphatic heterocycles. The van der Waals surface area contributed by atoms with E-state index in [1.165, 1.54) is 22.3 Å². The summed E-state index contributed by atoms with van der Waals surface area (Å²) in [6.45, 7) is 4.39. The summed E-state index contributed by atoms with van der Waals surface area (Å²) in [5, 5.41) is 0. The topological polar surface area (TPSA) is 26.3 Å². The quantitative estimate of drug-likeness (QED) is 0.274. The van der Waals surface area contributed by atoms with Gasteiger partial charge in [-0.15, -0.1) is 0 Å². The molecular weight excluding hydrogens is 551 g/mol. The minimum Gasteiger partial charge on any atom is -0.461 e. The summed E-state index contributed by atoms with van der Waals surface area (Å²) in [6.07, 6.45) is 3.15. The summed E-state index contributed by atoms with van der Waals surface area (Å²) in [5.41, 5.74) is 6.10. The molecule has 2 aliphatic rings. The number of fused-ring (bicyclic) bond motifs is 3. The predicted octanol–water partition coefficient (Wildman–Crippen LogP) is 7.45. The normalized spacial score (nSPS) is 23.0. The first-order chi connectivity index (χ1) is 14.1. The van der Waals surface area contributed by atoms with Crippen LogP contribution in [0.25, 0.3) is 11.1 Å². The maximum absolute atomic E-state index is 12.9. The van der Waals surface area contributed by atoms with Crippen LogP contribution in [-0.2, 0) is 29.0 Å². The van der Waals surface area contributed by atoms with Gasteiger partial charge < -0.3 is 4.74 Å². The summed E-state index contributed by atoms with van der Waals surface area (Å²) < 4.78 is 4.68. The van der Waals surface area contributed by atoms with E-state index in [2.05, 4.69) is 88.2 Å². The number of carbonyl (C=O) groups excluding carboxylic acids is 1. The maximum Gasteiger partial charge on any atom is 0.310 e. The first kappa shape index (κ1) is 22.6. The van der Waals surface area contributed by atoms with Crippen molar-refractivity contribution in [3.8, 4) is 11.1 Å². The average Bonchev–Trinajstić information content (AvgIpc) is 3.32. The van der Waals surface area contributed by atoms with Gasteiger partial charge in [-0.25, -0.2) is 0 Å². The van der Waals surface area contributed by atoms with Crippen LogP contribution in [0.5, 0.6) is 0 Å². The van der Waals surface area contributed by atoms with Gasteiger partial charge in [0.1, 0.15) is 6.61 Å². The highest BCUT2D eigenvalue weighted by Crippen LogP contribution is 2.65. The van der Waals surface area contributed by atoms with Crippen molar-refractivity contribution in [3.63, 3.8) is 0 Å². The fourth-order valence-corrected chi connectivity index (χ4v) is 6.43. The van der Waals surface area contributed by atoms with Crippen molar-refractivity contribution in [2.75, 3.05) is 0 Å². The summed E-state index contributed by atoms with van der Waals surface area (Å²) >= 11 is 19.3. The Balaban J connectivity index is 1.52. The molecule has 30 heavy (non-hydrogen) atoms. The third-order valence-electron chi connectivity index (χ3n) is 6.62. The van der Waals surface area contributed by atoms with Gasteiger partial charge in [0.15, 0.2) is 3.24 Å². The second-order valence-corrected chi connectivity index (χ2v) is 13.4. The van der Waals surface area contributed by atoms with Crippen LogP contribution < -0.4 is 0 Å². The summed E-state index contributed by atoms with van der Waals surface area (Å²) in [4.78, 5) is 12.7. The molecule has 160 valence electrons. The van der Waals surface area contributed by atoms with Crippen molar-refractivity contribution < 1.29 is 9.53 Å². The molecule has 2 aromatic carbocycles. The molecule has 0 spiro atoms. The molecule has 0 saturated heterocycles. The van der Waals surface area contributed by atoms with Crippen LogP contribution in [0.4, 0.5) is 0 Å². The van der Waals surface area contributed by atoms with Crippen LogP contribution in [0.1, 0.15) is 37.0 Å². The lowest BCUT2D eigenvalue weighted by molar-refractivity contribution is -0.147. The van der Waals surface area contributed by atoms with Gasteiger partial charge in [-0.2, -0.15) is 0 Å². The van der Waals surface area contributed by atoms with Crippen molar-refractivity contribution in [2.24, 2.45) is 17.3 Å². The molecule has 1 saturated carbocycles. The fourth-order valence-electron chi connectivity index (χ4n) is 4.89. The SMILES string of the molecule is CC1(C)C(C(=O)OCc2cccc3c2CCCc2ccccc2-3)C1C(Br)C(Cl)(Cl)Br. The predicted molar refractivity (Wildman–Crippen MR) is 131 cm³/mol. The van der Waals surface area contributed by atoms with E-state index in [0.29, 0.717) is 0 Å². The number of hydrogen-bond donors (Lipinski definition) is 0. The van der Waals surface area contributed by atoms with Crippen LogP contribution in [0.15, 0.2) is 42.5 Å². The largest absolute Gasteiger partial charge is 0.461 e. The number of hydrogen-bond acceptors (Lipinski definition) is 2. The molecular formula is C24H24Br2Cl2O2. The summed E-state index contributed by atoms with van der Waals surface area (Å²) in [7, 11) is 0. The molecule has 0 heterocycles. The van der Waals surface area contributed by atoms with Gasteiger partial charge in [0.25, 0.3) is 0 Å². The zero-order chi connectivity index (χ0) is 21.7. The zero-order valence-corrected chi connectivity index (χ0v) is 21.6. The van der Waals surface area contributed by atoms with Crippen molar-refractivity contribution >= 4 is 61.0 Å². The van der Waals surface area contributed by atoms with Gasteiger partial charge in [-0.3, -0.25) is 4.79 Å². The van der Waals surface area contributed by atoms with Gasteiger partial charge in [0.05, 0.1) is 10.7 Å². The molecule has 2 aliphatic carbocycles. The molecule has 3 atom stereocenters. The molecule has 2 nitrogen and oxygen atoms in total. The van der Waals surface area contributed by atoms with Crippen molar-refractivity contribution in [3.05, 3.63) is 59.2 Å². The van der Waals surface area contributed by atoms with E-state index in [0.717, 1.165) is 24.8 Å². The van der Waals surface area contributed by atoms with Crippen molar-refractivity contribution in [2.45, 2.75) is 47.8 Å². The molecule has 4 rings (SSSR count). The van der Waals surface area contributed by atoms with Crippen molar-refractivity contribution in [1.82, 2.24) is 0 Å². The fraction of sp³-hybridized carbons (Fsp3) is 0.458. The number of esters is 1. The number of alkyl halides is 4. The second kappa shape index (κ2) is 8.42. The average molecular weight is 575 g/mol. The summed E-state index contributed by atoms with van der Waals surface area (Å²) in [5.74, 6) is -0.426. The monoisotopic (exact) mass is 572 g/mol. The third-order valence-corrected chi connectivity index (χ3v) is 9.98. The van der Waals surface area contributed by atoms with Gasteiger partial charge in [-0.05, 0) is 74.3 Å². The minimum atomic E-state index is -1.13. The Labute approximate surface area is 204 Å². The number of rotatable bonds is 5. The summed E-state index contributed by atoms with van der Waals surface area (Å²) in [6, 6.07) is 14.9. The van der Waals surface area contributed by atoms with E-state index >= 15 is 0 Å². The van der Waals surface area contributed by atoms with E-state index in [1.54, 1.807) is 0 Å². The van der Waals surface area contributed by atoms with Crippen LogP contribution in [0, 0.1) is 17.3 Å². The van der Waals surface area contributed by atoms with E-state index in [-0.39, 0.29) is 34.7 Å². The van der Waals surface area contributed by atoms with Crippen LogP contribution in [0.2, 0.25) is 0 Å². The molecule has 0 aromatic heterocycles. The molecule has 0 amide bonds. The second-order valence-electron chi connectivity index (χ2n) is 8.83. The van der Waals surface area contributed by atoms with Crippen molar-refractivity contribution in [1.29, 1.82) is 0 Å². The highest BCUT2D eigenvalue weighted by Gasteiger charge is 2.67. The Bertz CT molecular complexity index is 968. The van der Waals surface area contributed by atoms with E-state index in [9.17, 15) is 4.79 Å². The zero-order valence-electron chi connectivity index (χ0n) is 16.9. The number of halogens is 4. The van der Waals surface area contributed by atoms with E-state index < -0.39 is 3.24 Å². The van der Waals surface area contributed by atoms with E-state index in [4.69, 9.17) is 27.9 Å². The molecule has 3 unspecified atom stereocenters. The lowest BCUT2D eigenvalue weighted by Gasteiger charge is -2.20. The Morgan fingerprint density at radius 3 is 2.60 bits per heavy atom. The van der Waals surface area contributed by atoms with Crippen LogP contribution in [-0.4, -0.2) is 14.0 Å². The first-order valence-corrected chi connectivity index (χ1v) is 12.7. The van der Waals surface area contributed by atoms with Crippen LogP contribution in [0.3, 0.4) is 0 Å². The Morgan fingerprint density at radius 1 is 1.17 bits per heavy atom. The minimum absolute atomic E-state index is 0.000796. The molecule has 2 aromatic rings. The number of ether oxygens (including phenoxy) is 1. The Morgan fingerprint density at radius 2 is 1.87 bits per heavy atom. The number of aryl methyl sites for hydroxylation is 1. The standard InChI is InChI=1S/C24H24Br2Cl2O2/c1-23(2)19(21(25)24(26,27)28)20(23)22(29)30-13-15-9-6-12-18-16-10-4-3-7-14(16)8-5-11-17(15)18/h3-4,6-7,9-10,12,19-21H,5,8,11,13H2,1-2H3.